The van der Waals surface area contributed by atoms with Crippen molar-refractivity contribution in [2.45, 2.75) is 38.0 Å². The topological polar surface area (TPSA) is 81.8 Å². The first-order valence-corrected chi connectivity index (χ1v) is 12.4. The summed E-state index contributed by atoms with van der Waals surface area (Å²) in [5.41, 5.74) is 2.64. The second-order valence-electron chi connectivity index (χ2n) is 7.61. The van der Waals surface area contributed by atoms with Crippen LogP contribution in [0.25, 0.3) is 0 Å². The summed E-state index contributed by atoms with van der Waals surface area (Å²) >= 11 is 0. The number of hydrogen-bond acceptors (Lipinski definition) is 5. The van der Waals surface area contributed by atoms with E-state index >= 15 is 0 Å². The van der Waals surface area contributed by atoms with E-state index in [1.165, 1.54) is 29.3 Å². The molecule has 1 amide bonds. The number of rotatable bonds is 9. The molecule has 0 aromatic heterocycles. The maximum atomic E-state index is 12.5. The van der Waals surface area contributed by atoms with Crippen molar-refractivity contribution in [3.8, 4) is 0 Å². The molecule has 2 aromatic rings. The van der Waals surface area contributed by atoms with Crippen LogP contribution in [0.3, 0.4) is 0 Å². The van der Waals surface area contributed by atoms with Crippen LogP contribution in [-0.2, 0) is 14.8 Å². The van der Waals surface area contributed by atoms with Gasteiger partial charge < -0.3 is 15.5 Å². The van der Waals surface area contributed by atoms with E-state index in [0.29, 0.717) is 18.8 Å². The third-order valence-electron chi connectivity index (χ3n) is 5.52. The van der Waals surface area contributed by atoms with E-state index in [2.05, 4.69) is 15.5 Å². The van der Waals surface area contributed by atoms with Gasteiger partial charge in [-0.15, -0.1) is 0 Å². The first kappa shape index (κ1) is 23.1. The Bertz CT molecular complexity index is 949. The van der Waals surface area contributed by atoms with Gasteiger partial charge in [0, 0.05) is 43.2 Å². The molecule has 1 heterocycles. The maximum absolute atomic E-state index is 12.5. The Morgan fingerprint density at radius 1 is 0.903 bits per heavy atom. The maximum Gasteiger partial charge on any atom is 0.243 e. The third-order valence-corrected chi connectivity index (χ3v) is 7.59. The van der Waals surface area contributed by atoms with Crippen molar-refractivity contribution >= 4 is 33.0 Å². The van der Waals surface area contributed by atoms with Gasteiger partial charge in [-0.25, -0.2) is 8.42 Å². The van der Waals surface area contributed by atoms with E-state index in [1.54, 1.807) is 24.3 Å². The lowest BCUT2D eigenvalue weighted by atomic mass is 10.1. The normalized spacial score (nSPS) is 14.5. The fourth-order valence-corrected chi connectivity index (χ4v) is 5.21. The molecule has 168 valence electrons. The van der Waals surface area contributed by atoms with Crippen molar-refractivity contribution in [1.82, 2.24) is 4.31 Å². The summed E-state index contributed by atoms with van der Waals surface area (Å²) in [6, 6.07) is 14.4. The van der Waals surface area contributed by atoms with Crippen LogP contribution in [0.5, 0.6) is 0 Å². The van der Waals surface area contributed by atoms with E-state index < -0.39 is 10.0 Å². The first-order chi connectivity index (χ1) is 14.9. The number of carbonyl (C=O) groups is 1. The van der Waals surface area contributed by atoms with Gasteiger partial charge in [0.15, 0.2) is 0 Å². The van der Waals surface area contributed by atoms with Gasteiger partial charge in [-0.05, 0) is 67.8 Å². The molecule has 2 N–H and O–H groups in total. The van der Waals surface area contributed by atoms with Crippen LogP contribution in [0.2, 0.25) is 0 Å². The van der Waals surface area contributed by atoms with Gasteiger partial charge in [0.05, 0.1) is 11.4 Å². The lowest BCUT2D eigenvalue weighted by molar-refractivity contribution is -0.114. The number of nitrogens with one attached hydrogen (secondary N) is 2. The number of carbonyl (C=O) groups excluding carboxylic acids is 1. The van der Waals surface area contributed by atoms with Gasteiger partial charge in [0.25, 0.3) is 0 Å². The van der Waals surface area contributed by atoms with Crippen molar-refractivity contribution in [2.24, 2.45) is 0 Å². The summed E-state index contributed by atoms with van der Waals surface area (Å²) in [6.07, 6.45) is 3.76. The highest BCUT2D eigenvalue weighted by molar-refractivity contribution is 7.89. The summed E-state index contributed by atoms with van der Waals surface area (Å²) in [4.78, 5) is 14.9. The molecule has 3 rings (SSSR count). The van der Waals surface area contributed by atoms with Gasteiger partial charge in [0.2, 0.25) is 15.9 Å². The first-order valence-electron chi connectivity index (χ1n) is 10.9. The van der Waals surface area contributed by atoms with E-state index in [0.717, 1.165) is 18.8 Å². The molecule has 0 atom stereocenters. The van der Waals surface area contributed by atoms with Crippen molar-refractivity contribution in [3.63, 3.8) is 0 Å². The van der Waals surface area contributed by atoms with Crippen LogP contribution >= 0.6 is 0 Å². The molecular weight excluding hydrogens is 412 g/mol. The number of piperidine rings is 1. The summed E-state index contributed by atoms with van der Waals surface area (Å²) in [5, 5.41) is 5.92. The molecule has 0 unspecified atom stereocenters. The predicted octanol–water partition coefficient (Wildman–Crippen LogP) is 3.76. The Morgan fingerprint density at radius 3 is 2.06 bits per heavy atom. The van der Waals surface area contributed by atoms with E-state index in [-0.39, 0.29) is 17.3 Å². The highest BCUT2D eigenvalue weighted by atomic mass is 32.2. The quantitative estimate of drug-likeness (QED) is 0.615. The Labute approximate surface area is 185 Å². The van der Waals surface area contributed by atoms with Gasteiger partial charge >= 0.3 is 0 Å². The highest BCUT2D eigenvalue weighted by Gasteiger charge is 2.21. The van der Waals surface area contributed by atoms with Crippen molar-refractivity contribution in [2.75, 3.05) is 48.3 Å². The molecule has 31 heavy (non-hydrogen) atoms. The zero-order valence-electron chi connectivity index (χ0n) is 18.3. The Hall–Kier alpha value is -2.58. The summed E-state index contributed by atoms with van der Waals surface area (Å²) in [7, 11) is -3.48. The number of sulfonamides is 1. The van der Waals surface area contributed by atoms with Crippen LogP contribution in [0.15, 0.2) is 53.4 Å². The monoisotopic (exact) mass is 444 g/mol. The lowest BCUT2D eigenvalue weighted by Gasteiger charge is -2.28. The number of hydrogen-bond donors (Lipinski definition) is 2. The number of nitrogens with zero attached hydrogens (tertiary/aromatic N) is 2. The van der Waals surface area contributed by atoms with E-state index in [9.17, 15) is 13.2 Å². The van der Waals surface area contributed by atoms with Gasteiger partial charge in [0.1, 0.15) is 0 Å². The molecule has 1 aliphatic rings. The van der Waals surface area contributed by atoms with Crippen LogP contribution in [-0.4, -0.2) is 51.4 Å². The molecule has 7 nitrogen and oxygen atoms in total. The zero-order chi connectivity index (χ0) is 22.3. The Morgan fingerprint density at radius 2 is 1.48 bits per heavy atom. The minimum Gasteiger partial charge on any atom is -0.376 e. The summed E-state index contributed by atoms with van der Waals surface area (Å²) in [5.74, 6) is -0.162. The molecule has 1 saturated heterocycles. The molecule has 0 saturated carbocycles. The fourth-order valence-electron chi connectivity index (χ4n) is 3.75. The van der Waals surface area contributed by atoms with Crippen LogP contribution in [0.1, 0.15) is 33.1 Å². The molecule has 0 aliphatic carbocycles. The Balaban J connectivity index is 1.51. The highest BCUT2D eigenvalue weighted by Crippen LogP contribution is 2.22. The third kappa shape index (κ3) is 5.98. The minimum absolute atomic E-state index is 0.0933. The van der Waals surface area contributed by atoms with Crippen LogP contribution < -0.4 is 15.5 Å². The second-order valence-corrected chi connectivity index (χ2v) is 9.55. The predicted molar refractivity (Wildman–Crippen MR) is 126 cm³/mol. The smallest absolute Gasteiger partial charge is 0.243 e. The van der Waals surface area contributed by atoms with Gasteiger partial charge in [-0.1, -0.05) is 13.8 Å². The molecule has 1 fully saturated rings. The average molecular weight is 445 g/mol. The standard InChI is InChI=1S/C23H32N4O3S/c1-3-27(4-2)31(29,30)22-14-10-19(11-15-22)24-18-23(28)25-20-8-12-21(13-9-20)26-16-6-5-7-17-26/h8-15,24H,3-7,16-18H2,1-2H3,(H,25,28). The molecule has 8 heteroatoms. The van der Waals surface area contributed by atoms with E-state index in [1.807, 2.05) is 38.1 Å². The summed E-state index contributed by atoms with van der Waals surface area (Å²) < 4.78 is 26.5. The summed E-state index contributed by atoms with van der Waals surface area (Å²) in [6.45, 7) is 6.76. The largest absolute Gasteiger partial charge is 0.376 e. The number of amides is 1. The Kier molecular flexibility index (Phi) is 7.92. The van der Waals surface area contributed by atoms with Crippen LogP contribution in [0.4, 0.5) is 17.1 Å². The zero-order valence-corrected chi connectivity index (χ0v) is 19.1. The molecule has 0 bridgehead atoms. The van der Waals surface area contributed by atoms with Crippen molar-refractivity contribution in [3.05, 3.63) is 48.5 Å². The van der Waals surface area contributed by atoms with E-state index in [4.69, 9.17) is 0 Å². The minimum atomic E-state index is -3.48. The molecule has 0 radical (unpaired) electrons. The number of anilines is 3. The lowest BCUT2D eigenvalue weighted by Crippen LogP contribution is -2.30. The fraction of sp³-hybridized carbons (Fsp3) is 0.435. The van der Waals surface area contributed by atoms with Gasteiger partial charge in [-0.2, -0.15) is 4.31 Å². The SMILES string of the molecule is CCN(CC)S(=O)(=O)c1ccc(NCC(=O)Nc2ccc(N3CCCCC3)cc2)cc1. The van der Waals surface area contributed by atoms with Gasteiger partial charge in [-0.3, -0.25) is 4.79 Å². The van der Waals surface area contributed by atoms with Crippen molar-refractivity contribution in [1.29, 1.82) is 0 Å². The molecule has 0 spiro atoms. The molecule has 2 aromatic carbocycles. The molecule has 1 aliphatic heterocycles. The average Bonchev–Trinajstić information content (AvgIpc) is 2.80. The van der Waals surface area contributed by atoms with Crippen LogP contribution in [0, 0.1) is 0 Å². The van der Waals surface area contributed by atoms with Crippen molar-refractivity contribution < 1.29 is 13.2 Å². The second kappa shape index (κ2) is 10.6. The number of benzene rings is 2. The molecular formula is C23H32N4O3S.